The molecule has 0 unspecified atom stereocenters. The average Bonchev–Trinajstić information content (AvgIpc) is 2.98. The van der Waals surface area contributed by atoms with Gasteiger partial charge >= 0.3 is 0 Å². The zero-order chi connectivity index (χ0) is 13.9. The van der Waals surface area contributed by atoms with Crippen LogP contribution in [0.2, 0.25) is 10.3 Å². The van der Waals surface area contributed by atoms with Crippen molar-refractivity contribution < 1.29 is 0 Å². The van der Waals surface area contributed by atoms with E-state index in [4.69, 9.17) is 23.2 Å². The summed E-state index contributed by atoms with van der Waals surface area (Å²) in [5.41, 5.74) is 3.14. The fourth-order valence-electron chi connectivity index (χ4n) is 1.86. The Labute approximate surface area is 126 Å². The second kappa shape index (κ2) is 5.61. The van der Waals surface area contributed by atoms with Gasteiger partial charge in [-0.2, -0.15) is 4.98 Å². The number of anilines is 2. The lowest BCUT2D eigenvalue weighted by Crippen LogP contribution is -1.96. The molecule has 0 aliphatic carbocycles. The van der Waals surface area contributed by atoms with Crippen LogP contribution in [0.3, 0.4) is 0 Å². The zero-order valence-corrected chi connectivity index (χ0v) is 11.9. The first-order valence-electron chi connectivity index (χ1n) is 5.98. The Morgan fingerprint density at radius 3 is 2.60 bits per heavy atom. The smallest absolute Gasteiger partial charge is 0.224 e. The Bertz CT molecular complexity index is 693. The van der Waals surface area contributed by atoms with Crippen molar-refractivity contribution in [3.05, 3.63) is 52.4 Å². The molecule has 2 aromatic rings. The number of halogens is 2. The molecule has 1 aliphatic heterocycles. The fraction of sp³-hybridized carbons (Fsp3) is 0.0714. The quantitative estimate of drug-likeness (QED) is 0.872. The van der Waals surface area contributed by atoms with Gasteiger partial charge in [-0.05, 0) is 34.9 Å². The molecule has 4 nitrogen and oxygen atoms in total. The van der Waals surface area contributed by atoms with Crippen molar-refractivity contribution in [3.8, 4) is 0 Å². The summed E-state index contributed by atoms with van der Waals surface area (Å²) in [5, 5.41) is 3.68. The Hall–Kier alpha value is -1.91. The van der Waals surface area contributed by atoms with E-state index in [1.165, 1.54) is 6.20 Å². The highest BCUT2D eigenvalue weighted by Gasteiger charge is 2.06. The third-order valence-electron chi connectivity index (χ3n) is 2.84. The van der Waals surface area contributed by atoms with Crippen molar-refractivity contribution >= 4 is 46.5 Å². The van der Waals surface area contributed by atoms with Gasteiger partial charge in [-0.3, -0.25) is 4.99 Å². The first-order chi connectivity index (χ1) is 9.72. The Kier molecular flexibility index (Phi) is 3.67. The SMILES string of the molecule is Clc1ncc(Cl)c(Nc2ccc(C3=CCN=C3)cc2)n1. The molecule has 3 rings (SSSR count). The molecule has 20 heavy (non-hydrogen) atoms. The van der Waals surface area contributed by atoms with Gasteiger partial charge in [0.2, 0.25) is 5.28 Å². The monoisotopic (exact) mass is 304 g/mol. The molecular formula is C14H10Cl2N4. The normalized spacial score (nSPS) is 13.4. The van der Waals surface area contributed by atoms with Crippen LogP contribution in [0.5, 0.6) is 0 Å². The van der Waals surface area contributed by atoms with Crippen molar-refractivity contribution in [2.24, 2.45) is 4.99 Å². The molecule has 0 spiro atoms. The molecule has 1 aromatic carbocycles. The fourth-order valence-corrected chi connectivity index (χ4v) is 2.13. The van der Waals surface area contributed by atoms with Gasteiger partial charge in [0.15, 0.2) is 5.82 Å². The van der Waals surface area contributed by atoms with Gasteiger partial charge in [0.1, 0.15) is 5.02 Å². The minimum atomic E-state index is 0.154. The van der Waals surface area contributed by atoms with E-state index in [1.54, 1.807) is 0 Å². The summed E-state index contributed by atoms with van der Waals surface area (Å²) < 4.78 is 0. The number of hydrogen-bond acceptors (Lipinski definition) is 4. The highest BCUT2D eigenvalue weighted by Crippen LogP contribution is 2.25. The first kappa shape index (κ1) is 13.1. The molecule has 0 atom stereocenters. The van der Waals surface area contributed by atoms with Crippen molar-refractivity contribution in [2.45, 2.75) is 0 Å². The van der Waals surface area contributed by atoms with Crippen LogP contribution in [0.25, 0.3) is 5.57 Å². The molecule has 100 valence electrons. The Morgan fingerprint density at radius 1 is 1.10 bits per heavy atom. The lowest BCUT2D eigenvalue weighted by Gasteiger charge is -2.08. The van der Waals surface area contributed by atoms with E-state index in [2.05, 4.69) is 26.4 Å². The molecule has 2 heterocycles. The van der Waals surface area contributed by atoms with Gasteiger partial charge in [0.25, 0.3) is 0 Å². The lowest BCUT2D eigenvalue weighted by atomic mass is 10.1. The number of hydrogen-bond donors (Lipinski definition) is 1. The van der Waals surface area contributed by atoms with E-state index in [9.17, 15) is 0 Å². The molecule has 6 heteroatoms. The predicted molar refractivity (Wildman–Crippen MR) is 83.1 cm³/mol. The highest BCUT2D eigenvalue weighted by atomic mass is 35.5. The van der Waals surface area contributed by atoms with Gasteiger partial charge in [0.05, 0.1) is 12.7 Å². The molecule has 1 aromatic heterocycles. The van der Waals surface area contributed by atoms with Crippen LogP contribution in [0.4, 0.5) is 11.5 Å². The number of allylic oxidation sites excluding steroid dienone is 1. The largest absolute Gasteiger partial charge is 0.339 e. The minimum Gasteiger partial charge on any atom is -0.339 e. The van der Waals surface area contributed by atoms with Gasteiger partial charge in [0, 0.05) is 11.9 Å². The van der Waals surface area contributed by atoms with Crippen LogP contribution in [-0.4, -0.2) is 22.7 Å². The number of aromatic nitrogens is 2. The third-order valence-corrected chi connectivity index (χ3v) is 3.30. The van der Waals surface area contributed by atoms with Crippen LogP contribution in [-0.2, 0) is 0 Å². The summed E-state index contributed by atoms with van der Waals surface area (Å²) in [5.74, 6) is 0.487. The van der Waals surface area contributed by atoms with Crippen LogP contribution in [0.1, 0.15) is 5.56 Å². The topological polar surface area (TPSA) is 50.2 Å². The minimum absolute atomic E-state index is 0.154. The van der Waals surface area contributed by atoms with Crippen LogP contribution in [0, 0.1) is 0 Å². The summed E-state index contributed by atoms with van der Waals surface area (Å²) >= 11 is 11.8. The zero-order valence-electron chi connectivity index (χ0n) is 10.3. The Balaban J connectivity index is 1.81. The van der Waals surface area contributed by atoms with E-state index in [-0.39, 0.29) is 5.28 Å². The number of nitrogens with one attached hydrogen (secondary N) is 1. The summed E-state index contributed by atoms with van der Waals surface area (Å²) in [6.45, 7) is 0.754. The maximum atomic E-state index is 6.01. The van der Waals surface area contributed by atoms with E-state index in [0.717, 1.165) is 23.4 Å². The Morgan fingerprint density at radius 2 is 1.90 bits per heavy atom. The molecule has 0 bridgehead atoms. The van der Waals surface area contributed by atoms with Gasteiger partial charge in [-0.15, -0.1) is 0 Å². The maximum Gasteiger partial charge on any atom is 0.224 e. The molecule has 1 aliphatic rings. The van der Waals surface area contributed by atoms with Crippen LogP contribution < -0.4 is 5.32 Å². The first-order valence-corrected chi connectivity index (χ1v) is 6.73. The molecule has 0 radical (unpaired) electrons. The molecule has 0 amide bonds. The second-order valence-corrected chi connectivity index (χ2v) is 4.94. The summed E-state index contributed by atoms with van der Waals surface area (Å²) in [7, 11) is 0. The maximum absolute atomic E-state index is 6.01. The van der Waals surface area contributed by atoms with Crippen molar-refractivity contribution in [1.82, 2.24) is 9.97 Å². The van der Waals surface area contributed by atoms with E-state index in [1.807, 2.05) is 30.5 Å². The van der Waals surface area contributed by atoms with Gasteiger partial charge in [-0.1, -0.05) is 29.8 Å². The molecule has 0 saturated heterocycles. The van der Waals surface area contributed by atoms with Gasteiger partial charge < -0.3 is 5.32 Å². The number of aliphatic imine (C=N–C) groups is 1. The summed E-state index contributed by atoms with van der Waals surface area (Å²) in [6.07, 6.45) is 5.43. The molecular weight excluding hydrogens is 295 g/mol. The second-order valence-electron chi connectivity index (χ2n) is 4.19. The standard InChI is InChI=1S/C14H10Cl2N4/c15-12-8-18-14(16)20-13(12)19-11-3-1-9(2-4-11)10-5-6-17-7-10/h1-5,7-8H,6H2,(H,18,19,20). The van der Waals surface area contributed by atoms with Crippen molar-refractivity contribution in [1.29, 1.82) is 0 Å². The summed E-state index contributed by atoms with van der Waals surface area (Å²) in [6, 6.07) is 7.94. The molecule has 0 fully saturated rings. The van der Waals surface area contributed by atoms with Gasteiger partial charge in [-0.25, -0.2) is 4.98 Å². The van der Waals surface area contributed by atoms with Crippen molar-refractivity contribution in [3.63, 3.8) is 0 Å². The lowest BCUT2D eigenvalue weighted by molar-refractivity contribution is 1.17. The van der Waals surface area contributed by atoms with Crippen molar-refractivity contribution in [2.75, 3.05) is 11.9 Å². The number of rotatable bonds is 3. The van der Waals surface area contributed by atoms with Crippen LogP contribution >= 0.6 is 23.2 Å². The van der Waals surface area contributed by atoms with E-state index >= 15 is 0 Å². The molecule has 0 saturated carbocycles. The predicted octanol–water partition coefficient (Wildman–Crippen LogP) is 3.99. The summed E-state index contributed by atoms with van der Waals surface area (Å²) in [4.78, 5) is 12.0. The molecule has 1 N–H and O–H groups in total. The van der Waals surface area contributed by atoms with E-state index in [0.29, 0.717) is 10.8 Å². The average molecular weight is 305 g/mol. The van der Waals surface area contributed by atoms with Crippen LogP contribution in [0.15, 0.2) is 41.5 Å². The third kappa shape index (κ3) is 2.81. The number of benzene rings is 1. The number of nitrogens with zero attached hydrogens (tertiary/aromatic N) is 3. The highest BCUT2D eigenvalue weighted by molar-refractivity contribution is 6.33. The van der Waals surface area contributed by atoms with E-state index < -0.39 is 0 Å².